The predicted octanol–water partition coefficient (Wildman–Crippen LogP) is 1.30. The van der Waals surface area contributed by atoms with Gasteiger partial charge in [-0.2, -0.15) is 0 Å². The number of carbonyl (C=O) groups excluding carboxylic acids is 2. The fraction of sp³-hybridized carbons (Fsp3) is 0.846. The third kappa shape index (κ3) is 2.05. The smallest absolute Gasteiger partial charge is 0.246 e. The maximum atomic E-state index is 12.5. The van der Waals surface area contributed by atoms with Crippen LogP contribution in [-0.4, -0.2) is 34.8 Å². The highest BCUT2D eigenvalue weighted by Gasteiger charge is 2.48. The minimum atomic E-state index is -0.388. The number of amides is 2. The van der Waals surface area contributed by atoms with E-state index in [9.17, 15) is 9.59 Å². The van der Waals surface area contributed by atoms with E-state index < -0.39 is 0 Å². The van der Waals surface area contributed by atoms with E-state index in [1.165, 1.54) is 0 Å². The van der Waals surface area contributed by atoms with Gasteiger partial charge in [0.05, 0.1) is 0 Å². The normalized spacial score (nSPS) is 28.7. The quantitative estimate of drug-likeness (QED) is 0.748. The van der Waals surface area contributed by atoms with Crippen molar-refractivity contribution in [3.8, 4) is 0 Å². The highest BCUT2D eigenvalue weighted by Crippen LogP contribution is 2.39. The molecule has 1 heterocycles. The van der Waals surface area contributed by atoms with E-state index in [1.807, 2.05) is 20.8 Å². The molecule has 1 saturated carbocycles. The van der Waals surface area contributed by atoms with Crippen molar-refractivity contribution in [2.24, 2.45) is 5.41 Å². The summed E-state index contributed by atoms with van der Waals surface area (Å²) in [6.07, 6.45) is 3.19. The Hall–Kier alpha value is -1.06. The summed E-state index contributed by atoms with van der Waals surface area (Å²) < 4.78 is 0. The maximum Gasteiger partial charge on any atom is 0.246 e. The van der Waals surface area contributed by atoms with E-state index in [2.05, 4.69) is 12.2 Å². The first-order chi connectivity index (χ1) is 7.74. The van der Waals surface area contributed by atoms with Gasteiger partial charge in [0.15, 0.2) is 0 Å². The Bertz CT molecular complexity index is 353. The lowest BCUT2D eigenvalue weighted by molar-refractivity contribution is -0.156. The van der Waals surface area contributed by atoms with Crippen molar-refractivity contribution >= 4 is 11.8 Å². The lowest BCUT2D eigenvalue weighted by atomic mass is 9.75. The third-order valence-electron chi connectivity index (χ3n) is 4.07. The number of hydrogen-bond donors (Lipinski definition) is 1. The van der Waals surface area contributed by atoms with E-state index in [4.69, 9.17) is 0 Å². The molecular weight excluding hydrogens is 216 g/mol. The van der Waals surface area contributed by atoms with Gasteiger partial charge in [0, 0.05) is 5.54 Å². The van der Waals surface area contributed by atoms with Crippen molar-refractivity contribution in [2.75, 3.05) is 6.54 Å². The van der Waals surface area contributed by atoms with Crippen molar-refractivity contribution in [1.82, 2.24) is 10.2 Å². The summed E-state index contributed by atoms with van der Waals surface area (Å²) in [5.74, 6) is 0.0527. The average molecular weight is 238 g/mol. The van der Waals surface area contributed by atoms with Crippen LogP contribution in [0.15, 0.2) is 0 Å². The number of nitrogens with one attached hydrogen (secondary N) is 1. The second kappa shape index (κ2) is 3.72. The lowest BCUT2D eigenvalue weighted by Gasteiger charge is -2.51. The summed E-state index contributed by atoms with van der Waals surface area (Å²) in [5, 5.41) is 2.83. The Balaban J connectivity index is 2.23. The van der Waals surface area contributed by atoms with Crippen LogP contribution in [0.2, 0.25) is 0 Å². The first-order valence-corrected chi connectivity index (χ1v) is 6.35. The molecule has 1 atom stereocenters. The largest absolute Gasteiger partial charge is 0.342 e. The van der Waals surface area contributed by atoms with Crippen molar-refractivity contribution in [1.29, 1.82) is 0 Å². The molecule has 0 aromatic heterocycles. The second-order valence-corrected chi connectivity index (χ2v) is 6.64. The molecule has 96 valence electrons. The fourth-order valence-corrected chi connectivity index (χ4v) is 2.65. The number of piperazine rings is 1. The van der Waals surface area contributed by atoms with Gasteiger partial charge in [-0.3, -0.25) is 9.59 Å². The van der Waals surface area contributed by atoms with Crippen LogP contribution in [0.5, 0.6) is 0 Å². The fourth-order valence-electron chi connectivity index (χ4n) is 2.65. The Kier molecular flexibility index (Phi) is 2.71. The van der Waals surface area contributed by atoms with Gasteiger partial charge in [0.1, 0.15) is 12.6 Å². The van der Waals surface area contributed by atoms with Crippen LogP contribution >= 0.6 is 0 Å². The molecule has 0 spiro atoms. The van der Waals surface area contributed by atoms with Crippen molar-refractivity contribution in [3.63, 3.8) is 0 Å². The first kappa shape index (κ1) is 12.4. The molecule has 1 N–H and O–H groups in total. The minimum absolute atomic E-state index is 0.0300. The van der Waals surface area contributed by atoms with Crippen LogP contribution in [-0.2, 0) is 9.59 Å². The van der Waals surface area contributed by atoms with Gasteiger partial charge in [-0.1, -0.05) is 20.8 Å². The first-order valence-electron chi connectivity index (χ1n) is 6.35. The number of rotatable bonds is 1. The summed E-state index contributed by atoms with van der Waals surface area (Å²) in [7, 11) is 0. The van der Waals surface area contributed by atoms with E-state index in [0.717, 1.165) is 19.3 Å². The Morgan fingerprint density at radius 2 is 1.88 bits per heavy atom. The monoisotopic (exact) mass is 238 g/mol. The van der Waals surface area contributed by atoms with Gasteiger partial charge < -0.3 is 10.2 Å². The average Bonchev–Trinajstić information content (AvgIpc) is 2.16. The summed E-state index contributed by atoms with van der Waals surface area (Å²) >= 11 is 0. The molecule has 0 bridgehead atoms. The molecular formula is C13H22N2O2. The van der Waals surface area contributed by atoms with E-state index in [-0.39, 0.29) is 35.4 Å². The van der Waals surface area contributed by atoms with Crippen LogP contribution in [0.25, 0.3) is 0 Å². The third-order valence-corrected chi connectivity index (χ3v) is 4.07. The van der Waals surface area contributed by atoms with Gasteiger partial charge in [-0.05, 0) is 31.6 Å². The standard InChI is InChI=1S/C13H22N2O2/c1-12(2,3)10-11(17)15(8-9(16)14-10)13(4)6-5-7-13/h10H,5-8H2,1-4H3,(H,14,16). The van der Waals surface area contributed by atoms with Crippen LogP contribution < -0.4 is 5.32 Å². The van der Waals surface area contributed by atoms with Crippen LogP contribution in [0.4, 0.5) is 0 Å². The Morgan fingerprint density at radius 3 is 2.29 bits per heavy atom. The molecule has 2 fully saturated rings. The molecule has 1 aliphatic carbocycles. The molecule has 1 aliphatic heterocycles. The van der Waals surface area contributed by atoms with Gasteiger partial charge >= 0.3 is 0 Å². The summed E-state index contributed by atoms with van der Waals surface area (Å²) in [6.45, 7) is 8.28. The Morgan fingerprint density at radius 1 is 1.29 bits per heavy atom. The van der Waals surface area contributed by atoms with Gasteiger partial charge in [-0.25, -0.2) is 0 Å². The van der Waals surface area contributed by atoms with Gasteiger partial charge in [0.25, 0.3) is 0 Å². The molecule has 1 unspecified atom stereocenters. The molecule has 0 aromatic rings. The van der Waals surface area contributed by atoms with E-state index >= 15 is 0 Å². The maximum absolute atomic E-state index is 12.5. The van der Waals surface area contributed by atoms with E-state index in [1.54, 1.807) is 4.90 Å². The topological polar surface area (TPSA) is 49.4 Å². The van der Waals surface area contributed by atoms with Crippen LogP contribution in [0.3, 0.4) is 0 Å². The molecule has 4 nitrogen and oxygen atoms in total. The summed E-state index contributed by atoms with van der Waals surface area (Å²) in [4.78, 5) is 26.0. The van der Waals surface area contributed by atoms with Crippen molar-refractivity contribution in [2.45, 2.75) is 58.5 Å². The van der Waals surface area contributed by atoms with Crippen LogP contribution in [0.1, 0.15) is 47.0 Å². The molecule has 4 heteroatoms. The predicted molar refractivity (Wildman–Crippen MR) is 65.4 cm³/mol. The van der Waals surface area contributed by atoms with Crippen molar-refractivity contribution < 1.29 is 9.59 Å². The summed E-state index contributed by atoms with van der Waals surface area (Å²) in [5.41, 5.74) is -0.316. The highest BCUT2D eigenvalue weighted by molar-refractivity contribution is 5.95. The van der Waals surface area contributed by atoms with Gasteiger partial charge in [0.2, 0.25) is 11.8 Å². The minimum Gasteiger partial charge on any atom is -0.342 e. The molecule has 1 saturated heterocycles. The number of carbonyl (C=O) groups is 2. The number of hydrogen-bond acceptors (Lipinski definition) is 2. The molecule has 2 amide bonds. The molecule has 0 aromatic carbocycles. The molecule has 2 aliphatic rings. The molecule has 2 rings (SSSR count). The molecule has 17 heavy (non-hydrogen) atoms. The van der Waals surface area contributed by atoms with E-state index in [0.29, 0.717) is 0 Å². The lowest BCUT2D eigenvalue weighted by Crippen LogP contribution is -2.68. The SMILES string of the molecule is CC(C)(C)C1NC(=O)CN(C2(C)CCC2)C1=O. The number of nitrogens with zero attached hydrogens (tertiary/aromatic N) is 1. The van der Waals surface area contributed by atoms with Crippen molar-refractivity contribution in [3.05, 3.63) is 0 Å². The second-order valence-electron chi connectivity index (χ2n) is 6.64. The zero-order valence-corrected chi connectivity index (χ0v) is 11.2. The molecule has 0 radical (unpaired) electrons. The zero-order valence-electron chi connectivity index (χ0n) is 11.2. The summed E-state index contributed by atoms with van der Waals surface area (Å²) in [6, 6.07) is -0.388. The Labute approximate surface area is 103 Å². The highest BCUT2D eigenvalue weighted by atomic mass is 16.2. The zero-order chi connectivity index (χ0) is 12.8. The van der Waals surface area contributed by atoms with Crippen LogP contribution in [0, 0.1) is 5.41 Å². The van der Waals surface area contributed by atoms with Gasteiger partial charge in [-0.15, -0.1) is 0 Å².